The van der Waals surface area contributed by atoms with E-state index in [4.69, 9.17) is 0 Å². The number of hydrogen-bond acceptors (Lipinski definition) is 3. The highest BCUT2D eigenvalue weighted by Gasteiger charge is 2.22. The van der Waals surface area contributed by atoms with Crippen molar-refractivity contribution in [2.75, 3.05) is 0 Å². The monoisotopic (exact) mass is 227 g/mol. The molecule has 16 heavy (non-hydrogen) atoms. The molecular weight excluding hydrogens is 218 g/mol. The van der Waals surface area contributed by atoms with Gasteiger partial charge in [-0.2, -0.15) is 22.1 Å². The van der Waals surface area contributed by atoms with Crippen molar-refractivity contribution in [1.29, 1.82) is 5.26 Å². The molecule has 1 aromatic carbocycles. The number of para-hydroxylation sites is 1. The Balaban J connectivity index is 2.20. The fourth-order valence-electron chi connectivity index (χ4n) is 1.88. The molecule has 0 amide bonds. The van der Waals surface area contributed by atoms with Gasteiger partial charge >= 0.3 is 0 Å². The normalized spacial score (nSPS) is 13.4. The highest BCUT2D eigenvalue weighted by atomic mass is 32.2. The summed E-state index contributed by atoms with van der Waals surface area (Å²) in [6, 6.07) is 12.1. The Hall–Kier alpha value is -1.73. The standard InChI is InChI=1S/C12H9N3S/c13-6-12-10-7-16-8-11(10)14-15(12)9-4-2-1-3-5-9/h1-5H,7-8H2. The number of nitrogens with zero attached hydrogens (tertiary/aromatic N) is 3. The predicted molar refractivity (Wildman–Crippen MR) is 63.3 cm³/mol. The molecular formula is C12H9N3S. The molecule has 0 fully saturated rings. The average Bonchev–Trinajstić information content (AvgIpc) is 2.89. The van der Waals surface area contributed by atoms with Gasteiger partial charge in [0.2, 0.25) is 0 Å². The van der Waals surface area contributed by atoms with Gasteiger partial charge in [-0.05, 0) is 12.1 Å². The molecule has 78 valence electrons. The van der Waals surface area contributed by atoms with Crippen LogP contribution in [-0.4, -0.2) is 9.78 Å². The second-order valence-electron chi connectivity index (χ2n) is 3.63. The van der Waals surface area contributed by atoms with Crippen molar-refractivity contribution in [2.45, 2.75) is 11.5 Å². The maximum atomic E-state index is 9.21. The number of benzene rings is 1. The zero-order chi connectivity index (χ0) is 11.0. The molecule has 0 saturated carbocycles. The number of hydrogen-bond donors (Lipinski definition) is 0. The number of aromatic nitrogens is 2. The van der Waals surface area contributed by atoms with Crippen LogP contribution in [0.3, 0.4) is 0 Å². The summed E-state index contributed by atoms with van der Waals surface area (Å²) in [5.41, 5.74) is 3.81. The van der Waals surface area contributed by atoms with E-state index in [-0.39, 0.29) is 0 Å². The van der Waals surface area contributed by atoms with Crippen LogP contribution in [0.5, 0.6) is 0 Å². The number of nitriles is 1. The SMILES string of the molecule is N#Cc1c2c(nn1-c1ccccc1)CSC2. The Kier molecular flexibility index (Phi) is 2.19. The van der Waals surface area contributed by atoms with Gasteiger partial charge in [0.25, 0.3) is 0 Å². The molecule has 0 saturated heterocycles. The smallest absolute Gasteiger partial charge is 0.148 e. The summed E-state index contributed by atoms with van der Waals surface area (Å²) >= 11 is 1.82. The van der Waals surface area contributed by atoms with Gasteiger partial charge in [0.05, 0.1) is 11.4 Å². The minimum Gasteiger partial charge on any atom is -0.222 e. The second-order valence-corrected chi connectivity index (χ2v) is 4.61. The summed E-state index contributed by atoms with van der Waals surface area (Å²) in [6.45, 7) is 0. The first-order chi connectivity index (χ1) is 7.90. The highest BCUT2D eigenvalue weighted by molar-refractivity contribution is 7.98. The van der Waals surface area contributed by atoms with Crippen molar-refractivity contribution in [3.8, 4) is 11.8 Å². The lowest BCUT2D eigenvalue weighted by Gasteiger charge is -2.02. The topological polar surface area (TPSA) is 41.6 Å². The van der Waals surface area contributed by atoms with Gasteiger partial charge in [-0.15, -0.1) is 0 Å². The van der Waals surface area contributed by atoms with E-state index in [0.29, 0.717) is 5.69 Å². The van der Waals surface area contributed by atoms with Gasteiger partial charge in [0.15, 0.2) is 0 Å². The molecule has 1 aromatic heterocycles. The van der Waals surface area contributed by atoms with Crippen LogP contribution < -0.4 is 0 Å². The van der Waals surface area contributed by atoms with Crippen LogP contribution in [0.1, 0.15) is 17.0 Å². The van der Waals surface area contributed by atoms with E-state index >= 15 is 0 Å². The fraction of sp³-hybridized carbons (Fsp3) is 0.167. The molecule has 0 bridgehead atoms. The molecule has 3 rings (SSSR count). The van der Waals surface area contributed by atoms with Crippen LogP contribution in [0.4, 0.5) is 0 Å². The average molecular weight is 227 g/mol. The van der Waals surface area contributed by atoms with Gasteiger partial charge in [-0.1, -0.05) is 18.2 Å². The maximum absolute atomic E-state index is 9.21. The van der Waals surface area contributed by atoms with Crippen LogP contribution in [0.15, 0.2) is 30.3 Å². The zero-order valence-corrected chi connectivity index (χ0v) is 9.37. The molecule has 0 aliphatic carbocycles. The number of fused-ring (bicyclic) bond motifs is 1. The van der Waals surface area contributed by atoms with E-state index in [1.54, 1.807) is 4.68 Å². The van der Waals surface area contributed by atoms with Gasteiger partial charge < -0.3 is 0 Å². The predicted octanol–water partition coefficient (Wildman–Crippen LogP) is 2.49. The molecule has 0 unspecified atom stereocenters. The van der Waals surface area contributed by atoms with Crippen molar-refractivity contribution < 1.29 is 0 Å². The van der Waals surface area contributed by atoms with Crippen LogP contribution >= 0.6 is 11.8 Å². The lowest BCUT2D eigenvalue weighted by molar-refractivity contribution is 0.847. The number of thioether (sulfide) groups is 1. The molecule has 4 heteroatoms. The van der Waals surface area contributed by atoms with Gasteiger partial charge in [-0.25, -0.2) is 4.68 Å². The van der Waals surface area contributed by atoms with Crippen molar-refractivity contribution >= 4 is 11.8 Å². The van der Waals surface area contributed by atoms with Gasteiger partial charge in [0.1, 0.15) is 11.8 Å². The largest absolute Gasteiger partial charge is 0.222 e. The summed E-state index contributed by atoms with van der Waals surface area (Å²) < 4.78 is 1.75. The molecule has 0 atom stereocenters. The van der Waals surface area contributed by atoms with Crippen LogP contribution in [-0.2, 0) is 11.5 Å². The van der Waals surface area contributed by atoms with Crippen molar-refractivity contribution in [2.24, 2.45) is 0 Å². The lowest BCUT2D eigenvalue weighted by atomic mass is 10.2. The van der Waals surface area contributed by atoms with Crippen LogP contribution in [0.25, 0.3) is 5.69 Å². The van der Waals surface area contributed by atoms with E-state index in [9.17, 15) is 5.26 Å². The molecule has 1 aliphatic heterocycles. The van der Waals surface area contributed by atoms with Crippen LogP contribution in [0, 0.1) is 11.3 Å². The third kappa shape index (κ3) is 1.33. The third-order valence-corrected chi connectivity index (χ3v) is 3.63. The molecule has 0 radical (unpaired) electrons. The van der Waals surface area contributed by atoms with Gasteiger partial charge in [-0.3, -0.25) is 0 Å². The first-order valence-corrected chi connectivity index (χ1v) is 6.19. The highest BCUT2D eigenvalue weighted by Crippen LogP contribution is 2.32. The Morgan fingerprint density at radius 2 is 2.06 bits per heavy atom. The second kappa shape index (κ2) is 3.69. The Labute approximate surface area is 97.7 Å². The number of rotatable bonds is 1. The van der Waals surface area contributed by atoms with E-state index in [1.165, 1.54) is 0 Å². The van der Waals surface area contributed by atoms with E-state index in [2.05, 4.69) is 11.2 Å². The first kappa shape index (κ1) is 9.49. The first-order valence-electron chi connectivity index (χ1n) is 5.04. The maximum Gasteiger partial charge on any atom is 0.148 e. The molecule has 2 aromatic rings. The van der Waals surface area contributed by atoms with Crippen molar-refractivity contribution in [1.82, 2.24) is 9.78 Å². The quantitative estimate of drug-likeness (QED) is 0.751. The van der Waals surface area contributed by atoms with Crippen LogP contribution in [0.2, 0.25) is 0 Å². The Bertz CT molecular complexity index is 566. The van der Waals surface area contributed by atoms with E-state index in [0.717, 1.165) is 28.5 Å². The third-order valence-electron chi connectivity index (χ3n) is 2.66. The van der Waals surface area contributed by atoms with Crippen molar-refractivity contribution in [3.63, 3.8) is 0 Å². The summed E-state index contributed by atoms with van der Waals surface area (Å²) in [6.07, 6.45) is 0. The van der Waals surface area contributed by atoms with E-state index < -0.39 is 0 Å². The lowest BCUT2D eigenvalue weighted by Crippen LogP contribution is -2.00. The molecule has 2 heterocycles. The van der Waals surface area contributed by atoms with E-state index in [1.807, 2.05) is 42.1 Å². The summed E-state index contributed by atoms with van der Waals surface area (Å²) in [5.74, 6) is 1.83. The minimum absolute atomic E-state index is 0.686. The molecule has 0 spiro atoms. The summed E-state index contributed by atoms with van der Waals surface area (Å²) in [4.78, 5) is 0. The minimum atomic E-state index is 0.686. The Morgan fingerprint density at radius 1 is 1.25 bits per heavy atom. The van der Waals surface area contributed by atoms with Crippen molar-refractivity contribution in [3.05, 3.63) is 47.3 Å². The fourth-order valence-corrected chi connectivity index (χ4v) is 2.92. The molecule has 3 nitrogen and oxygen atoms in total. The zero-order valence-electron chi connectivity index (χ0n) is 8.55. The van der Waals surface area contributed by atoms with Gasteiger partial charge in [0, 0.05) is 17.1 Å². The molecule has 1 aliphatic rings. The summed E-state index contributed by atoms with van der Waals surface area (Å²) in [7, 11) is 0. The summed E-state index contributed by atoms with van der Waals surface area (Å²) in [5, 5.41) is 13.7. The Morgan fingerprint density at radius 3 is 2.81 bits per heavy atom. The molecule has 0 N–H and O–H groups in total.